The lowest BCUT2D eigenvalue weighted by atomic mass is 10.2. The number of nitrogens with two attached hydrogens (primary N) is 1. The first-order chi connectivity index (χ1) is 6.91. The van der Waals surface area contributed by atoms with Gasteiger partial charge < -0.3 is 15.5 Å². The van der Waals surface area contributed by atoms with Gasteiger partial charge in [-0.1, -0.05) is 30.3 Å². The van der Waals surface area contributed by atoms with Gasteiger partial charge in [-0.2, -0.15) is 0 Å². The minimum absolute atomic E-state index is 0.509. The highest BCUT2D eigenvalue weighted by atomic mass is 31.2. The Labute approximate surface area is 86.4 Å². The number of benzene rings is 1. The summed E-state index contributed by atoms with van der Waals surface area (Å²) < 4.78 is 10.9. The zero-order valence-corrected chi connectivity index (χ0v) is 8.59. The Morgan fingerprint density at radius 2 is 1.80 bits per heavy atom. The summed E-state index contributed by atoms with van der Waals surface area (Å²) in [5.74, 6) is -1.12. The fraction of sp³-hybridized carbons (Fsp3) is 0. The molecule has 4 N–H and O–H groups in total. The summed E-state index contributed by atoms with van der Waals surface area (Å²) in [7, 11) is -4.61. The minimum atomic E-state index is -4.61. The molecule has 15 heavy (non-hydrogen) atoms. The second-order valence-corrected chi connectivity index (χ2v) is 4.42. The quantitative estimate of drug-likeness (QED) is 0.522. The lowest BCUT2D eigenvalue weighted by Gasteiger charge is -2.05. The molecule has 0 aromatic heterocycles. The standard InChI is InChI=1S/C9H10NO4P/c10-9(11)8(15(12,13)14)6-7-4-2-1-3-5-7/h1-6H,(H2,10,11)(H2,12,13,14). The fourth-order valence-corrected chi connectivity index (χ4v) is 1.61. The number of primary amides is 1. The van der Waals surface area contributed by atoms with Gasteiger partial charge in [-0.05, 0) is 11.6 Å². The van der Waals surface area contributed by atoms with Crippen LogP contribution < -0.4 is 5.73 Å². The molecule has 1 rings (SSSR count). The average molecular weight is 227 g/mol. The summed E-state index contributed by atoms with van der Waals surface area (Å²) in [4.78, 5) is 28.5. The number of carbonyl (C=O) groups excluding carboxylic acids is 1. The normalized spacial score (nSPS) is 12.5. The summed E-state index contributed by atoms with van der Waals surface area (Å²) in [6, 6.07) is 8.34. The van der Waals surface area contributed by atoms with Crippen LogP contribution >= 0.6 is 7.60 Å². The second-order valence-electron chi connectivity index (χ2n) is 2.85. The van der Waals surface area contributed by atoms with Crippen molar-refractivity contribution in [1.82, 2.24) is 0 Å². The number of amides is 1. The van der Waals surface area contributed by atoms with E-state index in [2.05, 4.69) is 0 Å². The van der Waals surface area contributed by atoms with E-state index in [0.29, 0.717) is 5.56 Å². The molecule has 1 aromatic rings. The molecule has 0 aliphatic heterocycles. The second kappa shape index (κ2) is 4.40. The first-order valence-electron chi connectivity index (χ1n) is 4.04. The van der Waals surface area contributed by atoms with Gasteiger partial charge in [0.25, 0.3) is 5.91 Å². The van der Waals surface area contributed by atoms with Crippen molar-refractivity contribution in [2.24, 2.45) is 5.73 Å². The van der Waals surface area contributed by atoms with E-state index in [-0.39, 0.29) is 0 Å². The molecule has 0 fully saturated rings. The van der Waals surface area contributed by atoms with Gasteiger partial charge in [0.1, 0.15) is 5.31 Å². The summed E-state index contributed by atoms with van der Waals surface area (Å²) in [5, 5.41) is -0.686. The number of hydrogen-bond acceptors (Lipinski definition) is 2. The SMILES string of the molecule is NC(=O)C(=Cc1ccccc1)P(=O)(O)O. The van der Waals surface area contributed by atoms with Gasteiger partial charge in [0, 0.05) is 0 Å². The topological polar surface area (TPSA) is 101 Å². The van der Waals surface area contributed by atoms with Gasteiger partial charge in [0.15, 0.2) is 0 Å². The Kier molecular flexibility index (Phi) is 3.42. The zero-order chi connectivity index (χ0) is 11.5. The highest BCUT2D eigenvalue weighted by Crippen LogP contribution is 2.45. The molecule has 0 spiro atoms. The molecule has 0 aliphatic rings. The van der Waals surface area contributed by atoms with Gasteiger partial charge in [-0.15, -0.1) is 0 Å². The summed E-state index contributed by atoms with van der Waals surface area (Å²) >= 11 is 0. The van der Waals surface area contributed by atoms with Crippen molar-refractivity contribution in [3.8, 4) is 0 Å². The molecule has 0 radical (unpaired) electrons. The van der Waals surface area contributed by atoms with Crippen molar-refractivity contribution in [3.63, 3.8) is 0 Å². The van der Waals surface area contributed by atoms with Crippen molar-refractivity contribution in [2.45, 2.75) is 0 Å². The van der Waals surface area contributed by atoms with Gasteiger partial charge >= 0.3 is 7.60 Å². The summed E-state index contributed by atoms with van der Waals surface area (Å²) in [6.07, 6.45) is 1.09. The maximum Gasteiger partial charge on any atom is 0.361 e. The monoisotopic (exact) mass is 227 g/mol. The Morgan fingerprint density at radius 3 is 2.20 bits per heavy atom. The third-order valence-corrected chi connectivity index (χ3v) is 2.65. The van der Waals surface area contributed by atoms with Crippen LogP contribution in [0.2, 0.25) is 0 Å². The van der Waals surface area contributed by atoms with E-state index in [4.69, 9.17) is 15.5 Å². The van der Waals surface area contributed by atoms with Gasteiger partial charge in [0.05, 0.1) is 0 Å². The van der Waals surface area contributed by atoms with Gasteiger partial charge in [0.2, 0.25) is 0 Å². The minimum Gasteiger partial charge on any atom is -0.365 e. The van der Waals surface area contributed by atoms with Crippen LogP contribution in [0.25, 0.3) is 6.08 Å². The Morgan fingerprint density at radius 1 is 1.27 bits per heavy atom. The fourth-order valence-electron chi connectivity index (χ4n) is 1.01. The molecule has 0 saturated carbocycles. The van der Waals surface area contributed by atoms with Crippen LogP contribution in [-0.2, 0) is 9.36 Å². The molecule has 0 unspecified atom stereocenters. The largest absolute Gasteiger partial charge is 0.365 e. The van der Waals surface area contributed by atoms with Crippen molar-refractivity contribution >= 4 is 19.6 Å². The first kappa shape index (κ1) is 11.7. The van der Waals surface area contributed by atoms with Crippen molar-refractivity contribution in [3.05, 3.63) is 41.2 Å². The third-order valence-electron chi connectivity index (χ3n) is 1.67. The molecule has 6 heteroatoms. The number of hydrogen-bond donors (Lipinski definition) is 3. The highest BCUT2D eigenvalue weighted by Gasteiger charge is 2.25. The van der Waals surface area contributed by atoms with Crippen molar-refractivity contribution in [1.29, 1.82) is 0 Å². The molecular formula is C9H10NO4P. The maximum atomic E-state index is 10.9. The van der Waals surface area contributed by atoms with Crippen LogP contribution in [0.4, 0.5) is 0 Å². The molecule has 0 bridgehead atoms. The van der Waals surface area contributed by atoms with E-state index in [0.717, 1.165) is 6.08 Å². The zero-order valence-electron chi connectivity index (χ0n) is 7.70. The van der Waals surface area contributed by atoms with Crippen LogP contribution in [0.15, 0.2) is 35.6 Å². The molecule has 5 nitrogen and oxygen atoms in total. The van der Waals surface area contributed by atoms with Crippen LogP contribution in [-0.4, -0.2) is 15.7 Å². The average Bonchev–Trinajstić information content (AvgIpc) is 2.13. The molecule has 1 aromatic carbocycles. The van der Waals surface area contributed by atoms with Crippen molar-refractivity contribution < 1.29 is 19.1 Å². The maximum absolute atomic E-state index is 10.9. The predicted molar refractivity (Wildman–Crippen MR) is 55.7 cm³/mol. The Bertz CT molecular complexity index is 435. The van der Waals surface area contributed by atoms with E-state index in [1.165, 1.54) is 0 Å². The number of rotatable bonds is 3. The summed E-state index contributed by atoms with van der Waals surface area (Å²) in [6.45, 7) is 0. The molecule has 1 amide bonds. The molecule has 80 valence electrons. The van der Waals surface area contributed by atoms with Crippen LogP contribution in [0.5, 0.6) is 0 Å². The van der Waals surface area contributed by atoms with E-state index >= 15 is 0 Å². The smallest absolute Gasteiger partial charge is 0.361 e. The highest BCUT2D eigenvalue weighted by molar-refractivity contribution is 7.58. The molecular weight excluding hydrogens is 217 g/mol. The molecule has 0 aliphatic carbocycles. The van der Waals surface area contributed by atoms with Crippen LogP contribution in [0.1, 0.15) is 5.56 Å². The van der Waals surface area contributed by atoms with Gasteiger partial charge in [-0.25, -0.2) is 0 Å². The lowest BCUT2D eigenvalue weighted by Crippen LogP contribution is -2.13. The van der Waals surface area contributed by atoms with E-state index in [1.54, 1.807) is 30.3 Å². The van der Waals surface area contributed by atoms with E-state index in [9.17, 15) is 9.36 Å². The van der Waals surface area contributed by atoms with Gasteiger partial charge in [-0.3, -0.25) is 9.36 Å². The molecule has 0 heterocycles. The number of carbonyl (C=O) groups is 1. The Hall–Kier alpha value is -1.42. The summed E-state index contributed by atoms with van der Waals surface area (Å²) in [5.41, 5.74) is 5.38. The molecule has 0 saturated heterocycles. The third kappa shape index (κ3) is 3.32. The van der Waals surface area contributed by atoms with E-state index in [1.807, 2.05) is 0 Å². The Balaban J connectivity index is 3.18. The first-order valence-corrected chi connectivity index (χ1v) is 5.65. The lowest BCUT2D eigenvalue weighted by molar-refractivity contribution is -0.114. The van der Waals surface area contributed by atoms with E-state index < -0.39 is 18.8 Å². The van der Waals surface area contributed by atoms with Crippen LogP contribution in [0, 0.1) is 0 Å². The van der Waals surface area contributed by atoms with Crippen LogP contribution in [0.3, 0.4) is 0 Å². The molecule has 0 atom stereocenters. The van der Waals surface area contributed by atoms with Crippen molar-refractivity contribution in [2.75, 3.05) is 0 Å². The predicted octanol–water partition coefficient (Wildman–Crippen LogP) is 0.690.